The molecule has 0 amide bonds. The summed E-state index contributed by atoms with van der Waals surface area (Å²) in [5.74, 6) is 0. The van der Waals surface area contributed by atoms with Gasteiger partial charge in [-0.25, -0.2) is 0 Å². The topological polar surface area (TPSA) is 59.1 Å². The van der Waals surface area contributed by atoms with E-state index in [0.29, 0.717) is 12.2 Å². The minimum Gasteiger partial charge on any atom is -0.387 e. The molecule has 0 aliphatic carbocycles. The Balaban J connectivity index is 0. The number of hydrogen-bond acceptors (Lipinski definition) is 3. The molecule has 0 spiro atoms. The SMILES string of the molecule is CC(O)c1cccc(CN)n1.Cl.Cl. The van der Waals surface area contributed by atoms with Crippen LogP contribution < -0.4 is 5.73 Å². The Labute approximate surface area is 90.2 Å². The fraction of sp³-hybridized carbons (Fsp3) is 0.375. The van der Waals surface area contributed by atoms with Crippen LogP contribution in [0.3, 0.4) is 0 Å². The lowest BCUT2D eigenvalue weighted by Crippen LogP contribution is -2.03. The van der Waals surface area contributed by atoms with E-state index in [1.54, 1.807) is 13.0 Å². The molecule has 1 rings (SSSR count). The van der Waals surface area contributed by atoms with Crippen LogP contribution in [0.1, 0.15) is 24.4 Å². The fourth-order valence-corrected chi connectivity index (χ4v) is 0.844. The van der Waals surface area contributed by atoms with E-state index in [0.717, 1.165) is 5.69 Å². The Kier molecular flexibility index (Phi) is 8.26. The van der Waals surface area contributed by atoms with E-state index < -0.39 is 6.10 Å². The van der Waals surface area contributed by atoms with Gasteiger partial charge >= 0.3 is 0 Å². The molecule has 3 nitrogen and oxygen atoms in total. The van der Waals surface area contributed by atoms with Gasteiger partial charge in [-0.1, -0.05) is 6.07 Å². The number of nitrogens with two attached hydrogens (primary N) is 1. The second-order valence-corrected chi connectivity index (χ2v) is 2.43. The highest BCUT2D eigenvalue weighted by atomic mass is 35.5. The number of halogens is 2. The highest BCUT2D eigenvalue weighted by Gasteiger charge is 2.01. The molecule has 1 atom stereocenters. The highest BCUT2D eigenvalue weighted by Crippen LogP contribution is 2.08. The van der Waals surface area contributed by atoms with Gasteiger partial charge in [0.15, 0.2) is 0 Å². The predicted molar refractivity (Wildman–Crippen MR) is 57.3 cm³/mol. The van der Waals surface area contributed by atoms with Gasteiger partial charge in [-0.2, -0.15) is 0 Å². The van der Waals surface area contributed by atoms with Crippen LogP contribution in [0, 0.1) is 0 Å². The van der Waals surface area contributed by atoms with Gasteiger partial charge in [0.25, 0.3) is 0 Å². The van der Waals surface area contributed by atoms with Gasteiger partial charge in [0, 0.05) is 6.54 Å². The molecule has 3 N–H and O–H groups in total. The van der Waals surface area contributed by atoms with E-state index in [9.17, 15) is 0 Å². The van der Waals surface area contributed by atoms with Crippen molar-refractivity contribution >= 4 is 24.8 Å². The Hall–Kier alpha value is -0.350. The van der Waals surface area contributed by atoms with E-state index in [2.05, 4.69) is 4.98 Å². The van der Waals surface area contributed by atoms with Gasteiger partial charge in [0.1, 0.15) is 0 Å². The molecule has 1 heterocycles. The predicted octanol–water partition coefficient (Wildman–Crippen LogP) is 1.44. The normalized spacial score (nSPS) is 11.0. The van der Waals surface area contributed by atoms with E-state index in [-0.39, 0.29) is 24.8 Å². The van der Waals surface area contributed by atoms with Crippen molar-refractivity contribution in [3.63, 3.8) is 0 Å². The van der Waals surface area contributed by atoms with Gasteiger partial charge in [-0.3, -0.25) is 4.98 Å². The Morgan fingerprint density at radius 2 is 2.08 bits per heavy atom. The van der Waals surface area contributed by atoms with Gasteiger partial charge in [0.2, 0.25) is 0 Å². The van der Waals surface area contributed by atoms with E-state index in [1.807, 2.05) is 12.1 Å². The molecule has 0 saturated heterocycles. The second-order valence-electron chi connectivity index (χ2n) is 2.43. The Morgan fingerprint density at radius 1 is 1.46 bits per heavy atom. The molecule has 0 saturated carbocycles. The molecular weight excluding hydrogens is 211 g/mol. The van der Waals surface area contributed by atoms with Crippen molar-refractivity contribution < 1.29 is 5.11 Å². The molecular formula is C8H14Cl2N2O. The van der Waals surface area contributed by atoms with Crippen LogP contribution in [0.15, 0.2) is 18.2 Å². The van der Waals surface area contributed by atoms with Gasteiger partial charge < -0.3 is 10.8 Å². The fourth-order valence-electron chi connectivity index (χ4n) is 0.844. The summed E-state index contributed by atoms with van der Waals surface area (Å²) < 4.78 is 0. The maximum atomic E-state index is 9.14. The Bertz CT molecular complexity index is 243. The third-order valence-corrected chi connectivity index (χ3v) is 1.47. The summed E-state index contributed by atoms with van der Waals surface area (Å²) in [5, 5.41) is 9.14. The van der Waals surface area contributed by atoms with Crippen LogP contribution in [0.25, 0.3) is 0 Å². The minimum atomic E-state index is -0.513. The summed E-state index contributed by atoms with van der Waals surface area (Å²) in [5.41, 5.74) is 6.86. The summed E-state index contributed by atoms with van der Waals surface area (Å²) in [6, 6.07) is 5.47. The number of aromatic nitrogens is 1. The largest absolute Gasteiger partial charge is 0.387 e. The maximum absolute atomic E-state index is 9.14. The molecule has 1 unspecified atom stereocenters. The number of nitrogens with zero attached hydrogens (tertiary/aromatic N) is 1. The summed E-state index contributed by atoms with van der Waals surface area (Å²) in [6.07, 6.45) is -0.513. The third-order valence-electron chi connectivity index (χ3n) is 1.47. The molecule has 5 heteroatoms. The van der Waals surface area contributed by atoms with Crippen LogP contribution in [0.5, 0.6) is 0 Å². The lowest BCUT2D eigenvalue weighted by Gasteiger charge is -2.04. The standard InChI is InChI=1S/C8H12N2O.2ClH/c1-6(11)8-4-2-3-7(5-9)10-8;;/h2-4,6,11H,5,9H2,1H3;2*1H. The van der Waals surface area contributed by atoms with Crippen molar-refractivity contribution in [3.05, 3.63) is 29.6 Å². The molecule has 1 aromatic rings. The monoisotopic (exact) mass is 224 g/mol. The zero-order valence-corrected chi connectivity index (χ0v) is 8.94. The lowest BCUT2D eigenvalue weighted by atomic mass is 10.2. The molecule has 0 aliphatic heterocycles. The van der Waals surface area contributed by atoms with Crippen LogP contribution in [-0.4, -0.2) is 10.1 Å². The summed E-state index contributed by atoms with van der Waals surface area (Å²) in [4.78, 5) is 4.12. The van der Waals surface area contributed by atoms with Gasteiger partial charge in [-0.15, -0.1) is 24.8 Å². The first-order chi connectivity index (χ1) is 5.24. The first-order valence-electron chi connectivity index (χ1n) is 3.58. The molecule has 1 aromatic heterocycles. The smallest absolute Gasteiger partial charge is 0.0931 e. The summed E-state index contributed by atoms with van der Waals surface area (Å²) in [6.45, 7) is 2.10. The number of aliphatic hydroxyl groups excluding tert-OH is 1. The van der Waals surface area contributed by atoms with Crippen LogP contribution in [0.4, 0.5) is 0 Å². The van der Waals surface area contributed by atoms with Crippen molar-refractivity contribution in [2.45, 2.75) is 19.6 Å². The molecule has 0 radical (unpaired) electrons. The zero-order chi connectivity index (χ0) is 8.27. The van der Waals surface area contributed by atoms with Gasteiger partial charge in [0.05, 0.1) is 17.5 Å². The number of pyridine rings is 1. The van der Waals surface area contributed by atoms with Crippen LogP contribution >= 0.6 is 24.8 Å². The van der Waals surface area contributed by atoms with Crippen molar-refractivity contribution in [1.29, 1.82) is 0 Å². The minimum absolute atomic E-state index is 0. The highest BCUT2D eigenvalue weighted by molar-refractivity contribution is 5.85. The molecule has 76 valence electrons. The molecule has 13 heavy (non-hydrogen) atoms. The number of rotatable bonds is 2. The van der Waals surface area contributed by atoms with Crippen molar-refractivity contribution in [2.24, 2.45) is 5.73 Å². The van der Waals surface area contributed by atoms with Crippen LogP contribution in [-0.2, 0) is 6.54 Å². The quantitative estimate of drug-likeness (QED) is 0.800. The average Bonchev–Trinajstić information content (AvgIpc) is 2.05. The lowest BCUT2D eigenvalue weighted by molar-refractivity contribution is 0.194. The summed E-state index contributed by atoms with van der Waals surface area (Å²) >= 11 is 0. The molecule has 0 aromatic carbocycles. The molecule has 0 fully saturated rings. The number of hydrogen-bond donors (Lipinski definition) is 2. The summed E-state index contributed by atoms with van der Waals surface area (Å²) in [7, 11) is 0. The molecule has 0 bridgehead atoms. The molecule has 0 aliphatic rings. The second kappa shape index (κ2) is 7.09. The van der Waals surface area contributed by atoms with Crippen molar-refractivity contribution in [3.8, 4) is 0 Å². The Morgan fingerprint density at radius 3 is 2.54 bits per heavy atom. The van der Waals surface area contributed by atoms with Gasteiger partial charge in [-0.05, 0) is 19.1 Å². The average molecular weight is 225 g/mol. The maximum Gasteiger partial charge on any atom is 0.0931 e. The van der Waals surface area contributed by atoms with Crippen LogP contribution in [0.2, 0.25) is 0 Å². The van der Waals surface area contributed by atoms with E-state index in [1.165, 1.54) is 0 Å². The van der Waals surface area contributed by atoms with Crippen molar-refractivity contribution in [1.82, 2.24) is 4.98 Å². The first kappa shape index (κ1) is 15.1. The first-order valence-corrected chi connectivity index (χ1v) is 3.58. The third kappa shape index (κ3) is 4.43. The van der Waals surface area contributed by atoms with E-state index >= 15 is 0 Å². The van der Waals surface area contributed by atoms with Crippen molar-refractivity contribution in [2.75, 3.05) is 0 Å². The zero-order valence-electron chi connectivity index (χ0n) is 7.30. The number of aliphatic hydroxyl groups is 1. The van der Waals surface area contributed by atoms with E-state index in [4.69, 9.17) is 10.8 Å².